The number of rotatable bonds is 3. The van der Waals surface area contributed by atoms with Crippen LogP contribution in [0, 0.1) is 5.82 Å². The molecular weight excluding hydrogens is 257 g/mol. The van der Waals surface area contributed by atoms with Gasteiger partial charge in [0, 0.05) is 11.3 Å². The van der Waals surface area contributed by atoms with Crippen LogP contribution in [0.4, 0.5) is 10.1 Å². The number of hydrogen-bond donors (Lipinski definition) is 1. The molecule has 0 fully saturated rings. The van der Waals surface area contributed by atoms with Gasteiger partial charge in [0.15, 0.2) is 0 Å². The van der Waals surface area contributed by atoms with Gasteiger partial charge in [-0.15, -0.1) is 0 Å². The fraction of sp³-hybridized carbons (Fsp3) is 0.0667. The second-order valence-corrected chi connectivity index (χ2v) is 4.40. The molecule has 0 atom stereocenters. The van der Waals surface area contributed by atoms with E-state index in [1.54, 1.807) is 30.3 Å². The SMILES string of the molecule is Nc1ccc(-c2noc(Cc3ccccc3F)n2)cc1. The molecule has 0 amide bonds. The highest BCUT2D eigenvalue weighted by Crippen LogP contribution is 2.19. The molecule has 0 spiro atoms. The Labute approximate surface area is 115 Å². The average Bonchev–Trinajstić information content (AvgIpc) is 2.91. The fourth-order valence-corrected chi connectivity index (χ4v) is 1.88. The smallest absolute Gasteiger partial charge is 0.231 e. The lowest BCUT2D eigenvalue weighted by Crippen LogP contribution is -1.92. The third-order valence-electron chi connectivity index (χ3n) is 2.94. The number of nitrogens with zero attached hydrogens (tertiary/aromatic N) is 2. The second kappa shape index (κ2) is 5.13. The van der Waals surface area contributed by atoms with Crippen LogP contribution in [0.5, 0.6) is 0 Å². The van der Waals surface area contributed by atoms with E-state index in [1.165, 1.54) is 6.07 Å². The van der Waals surface area contributed by atoms with E-state index < -0.39 is 0 Å². The third kappa shape index (κ3) is 2.51. The molecule has 0 saturated carbocycles. The van der Waals surface area contributed by atoms with Crippen molar-refractivity contribution in [2.24, 2.45) is 0 Å². The zero-order valence-electron chi connectivity index (χ0n) is 10.6. The molecule has 100 valence electrons. The molecule has 3 aromatic rings. The van der Waals surface area contributed by atoms with Crippen molar-refractivity contribution in [2.45, 2.75) is 6.42 Å². The molecule has 0 unspecified atom stereocenters. The zero-order valence-corrected chi connectivity index (χ0v) is 10.6. The normalized spacial score (nSPS) is 10.7. The molecule has 0 aliphatic heterocycles. The van der Waals surface area contributed by atoms with Gasteiger partial charge in [-0.2, -0.15) is 4.98 Å². The Balaban J connectivity index is 1.84. The molecule has 0 aliphatic rings. The number of halogens is 1. The van der Waals surface area contributed by atoms with Crippen molar-refractivity contribution in [3.8, 4) is 11.4 Å². The molecular formula is C15H12FN3O. The van der Waals surface area contributed by atoms with E-state index >= 15 is 0 Å². The molecule has 0 saturated heterocycles. The van der Waals surface area contributed by atoms with E-state index in [4.69, 9.17) is 10.3 Å². The quantitative estimate of drug-likeness (QED) is 0.742. The number of anilines is 1. The summed E-state index contributed by atoms with van der Waals surface area (Å²) < 4.78 is 18.7. The van der Waals surface area contributed by atoms with Crippen LogP contribution in [0.1, 0.15) is 11.5 Å². The topological polar surface area (TPSA) is 64.9 Å². The Kier molecular flexibility index (Phi) is 3.16. The maximum absolute atomic E-state index is 13.5. The first-order chi connectivity index (χ1) is 9.72. The Bertz CT molecular complexity index is 722. The highest BCUT2D eigenvalue weighted by atomic mass is 19.1. The van der Waals surface area contributed by atoms with Crippen molar-refractivity contribution in [2.75, 3.05) is 5.73 Å². The fourth-order valence-electron chi connectivity index (χ4n) is 1.88. The monoisotopic (exact) mass is 269 g/mol. The minimum Gasteiger partial charge on any atom is -0.399 e. The van der Waals surface area contributed by atoms with Gasteiger partial charge in [0.05, 0.1) is 6.42 Å². The lowest BCUT2D eigenvalue weighted by molar-refractivity contribution is 0.384. The maximum atomic E-state index is 13.5. The summed E-state index contributed by atoms with van der Waals surface area (Å²) in [5, 5.41) is 3.89. The zero-order chi connectivity index (χ0) is 13.9. The molecule has 2 N–H and O–H groups in total. The number of nitrogen functional groups attached to an aromatic ring is 1. The molecule has 5 heteroatoms. The first kappa shape index (κ1) is 12.3. The summed E-state index contributed by atoms with van der Waals surface area (Å²) in [7, 11) is 0. The Hall–Kier alpha value is -2.69. The van der Waals surface area contributed by atoms with E-state index in [0.717, 1.165) is 5.56 Å². The molecule has 1 heterocycles. The van der Waals surface area contributed by atoms with Crippen LogP contribution in [0.25, 0.3) is 11.4 Å². The molecule has 1 aromatic heterocycles. The molecule has 0 bridgehead atoms. The number of benzene rings is 2. The third-order valence-corrected chi connectivity index (χ3v) is 2.94. The number of aromatic nitrogens is 2. The van der Waals surface area contributed by atoms with Crippen LogP contribution in [0.3, 0.4) is 0 Å². The van der Waals surface area contributed by atoms with Crippen LogP contribution in [0.15, 0.2) is 53.1 Å². The Morgan fingerprint density at radius 3 is 2.55 bits per heavy atom. The van der Waals surface area contributed by atoms with Gasteiger partial charge in [0.25, 0.3) is 0 Å². The average molecular weight is 269 g/mol. The van der Waals surface area contributed by atoms with Gasteiger partial charge < -0.3 is 10.3 Å². The summed E-state index contributed by atoms with van der Waals surface area (Å²) >= 11 is 0. The van der Waals surface area contributed by atoms with Crippen molar-refractivity contribution in [3.05, 3.63) is 65.8 Å². The Morgan fingerprint density at radius 2 is 1.80 bits per heavy atom. The minimum absolute atomic E-state index is 0.272. The van der Waals surface area contributed by atoms with Gasteiger partial charge >= 0.3 is 0 Å². The van der Waals surface area contributed by atoms with Crippen molar-refractivity contribution in [3.63, 3.8) is 0 Å². The summed E-state index contributed by atoms with van der Waals surface area (Å²) in [6, 6.07) is 13.7. The van der Waals surface area contributed by atoms with Crippen LogP contribution in [-0.4, -0.2) is 10.1 Å². The second-order valence-electron chi connectivity index (χ2n) is 4.40. The van der Waals surface area contributed by atoms with Gasteiger partial charge in [-0.3, -0.25) is 0 Å². The molecule has 4 nitrogen and oxygen atoms in total. The highest BCUT2D eigenvalue weighted by molar-refractivity contribution is 5.58. The van der Waals surface area contributed by atoms with Crippen LogP contribution < -0.4 is 5.73 Å². The van der Waals surface area contributed by atoms with Crippen molar-refractivity contribution in [1.82, 2.24) is 10.1 Å². The van der Waals surface area contributed by atoms with Gasteiger partial charge in [0.1, 0.15) is 5.82 Å². The largest absolute Gasteiger partial charge is 0.399 e. The molecule has 3 rings (SSSR count). The summed E-state index contributed by atoms with van der Waals surface area (Å²) in [6.07, 6.45) is 0.272. The number of hydrogen-bond acceptors (Lipinski definition) is 4. The number of nitrogens with two attached hydrogens (primary N) is 1. The van der Waals surface area contributed by atoms with E-state index in [0.29, 0.717) is 23.0 Å². The van der Waals surface area contributed by atoms with E-state index in [1.807, 2.05) is 12.1 Å². The first-order valence-electron chi connectivity index (χ1n) is 6.14. The maximum Gasteiger partial charge on any atom is 0.231 e. The van der Waals surface area contributed by atoms with Crippen LogP contribution >= 0.6 is 0 Å². The predicted octanol–water partition coefficient (Wildman–Crippen LogP) is 3.05. The predicted molar refractivity (Wildman–Crippen MR) is 73.4 cm³/mol. The van der Waals surface area contributed by atoms with Gasteiger partial charge in [-0.1, -0.05) is 23.4 Å². The Morgan fingerprint density at radius 1 is 1.05 bits per heavy atom. The standard InChI is InChI=1S/C15H12FN3O/c16-13-4-2-1-3-11(13)9-14-18-15(19-20-14)10-5-7-12(17)8-6-10/h1-8H,9,17H2. The molecule has 0 aliphatic carbocycles. The van der Waals surface area contributed by atoms with E-state index in [2.05, 4.69) is 10.1 Å². The lowest BCUT2D eigenvalue weighted by Gasteiger charge is -1.97. The summed E-state index contributed by atoms with van der Waals surface area (Å²) in [6.45, 7) is 0. The van der Waals surface area contributed by atoms with Crippen molar-refractivity contribution < 1.29 is 8.91 Å². The van der Waals surface area contributed by atoms with Crippen molar-refractivity contribution in [1.29, 1.82) is 0 Å². The molecule has 2 aromatic carbocycles. The molecule has 20 heavy (non-hydrogen) atoms. The highest BCUT2D eigenvalue weighted by Gasteiger charge is 2.11. The van der Waals surface area contributed by atoms with Crippen LogP contribution in [0.2, 0.25) is 0 Å². The van der Waals surface area contributed by atoms with Crippen LogP contribution in [-0.2, 0) is 6.42 Å². The van der Waals surface area contributed by atoms with E-state index in [-0.39, 0.29) is 12.2 Å². The van der Waals surface area contributed by atoms with Gasteiger partial charge in [-0.25, -0.2) is 4.39 Å². The molecule has 0 radical (unpaired) electrons. The summed E-state index contributed by atoms with van der Waals surface area (Å²) in [4.78, 5) is 4.26. The van der Waals surface area contributed by atoms with E-state index in [9.17, 15) is 4.39 Å². The van der Waals surface area contributed by atoms with Gasteiger partial charge in [0.2, 0.25) is 11.7 Å². The lowest BCUT2D eigenvalue weighted by atomic mass is 10.1. The first-order valence-corrected chi connectivity index (χ1v) is 6.14. The summed E-state index contributed by atoms with van der Waals surface area (Å²) in [5.74, 6) is 0.568. The van der Waals surface area contributed by atoms with Crippen molar-refractivity contribution >= 4 is 5.69 Å². The van der Waals surface area contributed by atoms with Gasteiger partial charge in [-0.05, 0) is 35.9 Å². The minimum atomic E-state index is -0.278. The summed E-state index contributed by atoms with van der Waals surface area (Å²) in [5.41, 5.74) is 7.63.